The largest absolute Gasteiger partial charge is 0.433 e. The fraction of sp³-hybridized carbons (Fsp3) is 0.692. The van der Waals surface area contributed by atoms with Crippen LogP contribution in [0.3, 0.4) is 0 Å². The van der Waals surface area contributed by atoms with Gasteiger partial charge in [0.05, 0.1) is 0 Å². The molecular weight excluding hydrogens is 291 g/mol. The van der Waals surface area contributed by atoms with Crippen LogP contribution in [0.25, 0.3) is 0 Å². The summed E-state index contributed by atoms with van der Waals surface area (Å²) in [4.78, 5) is 7.08. The van der Waals surface area contributed by atoms with Crippen LogP contribution in [0, 0.1) is 5.92 Å². The number of alkyl halides is 3. The number of hydrogen-bond acceptors (Lipinski definition) is 3. The number of aromatic nitrogens is 2. The zero-order chi connectivity index (χ0) is 14.8. The van der Waals surface area contributed by atoms with Gasteiger partial charge < -0.3 is 5.32 Å². The molecule has 2 unspecified atom stereocenters. The predicted molar refractivity (Wildman–Crippen MR) is 71.7 cm³/mol. The van der Waals surface area contributed by atoms with Crippen LogP contribution in [0.2, 0.25) is 5.28 Å². The van der Waals surface area contributed by atoms with Crippen molar-refractivity contribution in [3.05, 3.63) is 17.0 Å². The Kier molecular flexibility index (Phi) is 4.73. The molecule has 0 bridgehead atoms. The van der Waals surface area contributed by atoms with Gasteiger partial charge in [-0.05, 0) is 30.4 Å². The van der Waals surface area contributed by atoms with Crippen molar-refractivity contribution in [2.45, 2.75) is 51.2 Å². The lowest BCUT2D eigenvalue weighted by Crippen LogP contribution is -2.32. The molecule has 1 aliphatic carbocycles. The third kappa shape index (κ3) is 3.75. The quantitative estimate of drug-likeness (QED) is 0.834. The van der Waals surface area contributed by atoms with Crippen molar-refractivity contribution in [3.63, 3.8) is 0 Å². The molecule has 1 saturated carbocycles. The van der Waals surface area contributed by atoms with Gasteiger partial charge in [-0.2, -0.15) is 13.2 Å². The molecule has 20 heavy (non-hydrogen) atoms. The summed E-state index contributed by atoms with van der Waals surface area (Å²) in [5, 5.41) is 2.72. The zero-order valence-corrected chi connectivity index (χ0v) is 11.9. The predicted octanol–water partition coefficient (Wildman–Crippen LogP) is 4.53. The van der Waals surface area contributed by atoms with Crippen LogP contribution < -0.4 is 5.32 Å². The zero-order valence-electron chi connectivity index (χ0n) is 11.2. The lowest BCUT2D eigenvalue weighted by molar-refractivity contribution is -0.141. The number of rotatable bonds is 3. The smallest absolute Gasteiger partial charge is 0.367 e. The Bertz CT molecular complexity index is 465. The fourth-order valence-electron chi connectivity index (χ4n) is 2.71. The van der Waals surface area contributed by atoms with E-state index in [0.29, 0.717) is 5.92 Å². The normalized spacial score (nSPS) is 23.6. The standard InChI is InChI=1S/C13H17ClF3N3/c1-2-8-5-3-4-6-9(8)18-11-7-10(13(15,16)17)19-12(14)20-11/h7-9H,2-6H2,1H3,(H,18,19,20). The SMILES string of the molecule is CCC1CCCCC1Nc1cc(C(F)(F)F)nc(Cl)n1. The van der Waals surface area contributed by atoms with E-state index < -0.39 is 11.9 Å². The average Bonchev–Trinajstić information content (AvgIpc) is 2.37. The number of halogens is 4. The maximum atomic E-state index is 12.7. The van der Waals surface area contributed by atoms with E-state index in [1.807, 2.05) is 0 Å². The maximum Gasteiger partial charge on any atom is 0.433 e. The van der Waals surface area contributed by atoms with Crippen LogP contribution in [0.5, 0.6) is 0 Å². The van der Waals surface area contributed by atoms with Crippen molar-refractivity contribution in [3.8, 4) is 0 Å². The van der Waals surface area contributed by atoms with E-state index >= 15 is 0 Å². The van der Waals surface area contributed by atoms with Crippen molar-refractivity contribution in [1.29, 1.82) is 0 Å². The van der Waals surface area contributed by atoms with E-state index in [2.05, 4.69) is 22.2 Å². The van der Waals surface area contributed by atoms with E-state index in [1.165, 1.54) is 6.42 Å². The topological polar surface area (TPSA) is 37.8 Å². The molecule has 1 heterocycles. The minimum absolute atomic E-state index is 0.154. The highest BCUT2D eigenvalue weighted by atomic mass is 35.5. The summed E-state index contributed by atoms with van der Waals surface area (Å²) in [5.74, 6) is 0.620. The molecule has 1 aromatic heterocycles. The van der Waals surface area contributed by atoms with E-state index in [-0.39, 0.29) is 17.1 Å². The minimum Gasteiger partial charge on any atom is -0.367 e. The van der Waals surface area contributed by atoms with Crippen molar-refractivity contribution in [2.75, 3.05) is 5.32 Å². The molecule has 1 aromatic rings. The van der Waals surface area contributed by atoms with Crippen LogP contribution in [0.4, 0.5) is 19.0 Å². The lowest BCUT2D eigenvalue weighted by atomic mass is 9.83. The Morgan fingerprint density at radius 2 is 2.00 bits per heavy atom. The van der Waals surface area contributed by atoms with Crippen molar-refractivity contribution in [1.82, 2.24) is 9.97 Å². The Labute approximate surface area is 120 Å². The number of nitrogens with zero attached hydrogens (tertiary/aromatic N) is 2. The van der Waals surface area contributed by atoms with Crippen LogP contribution in [-0.2, 0) is 6.18 Å². The molecule has 0 aliphatic heterocycles. The highest BCUT2D eigenvalue weighted by Crippen LogP contribution is 2.32. The Balaban J connectivity index is 2.18. The molecule has 0 amide bonds. The third-order valence-corrected chi connectivity index (χ3v) is 3.93. The van der Waals surface area contributed by atoms with Gasteiger partial charge in [0.25, 0.3) is 0 Å². The van der Waals surface area contributed by atoms with Crippen LogP contribution in [-0.4, -0.2) is 16.0 Å². The molecule has 7 heteroatoms. The van der Waals surface area contributed by atoms with Crippen LogP contribution in [0.15, 0.2) is 6.07 Å². The number of nitrogens with one attached hydrogen (secondary N) is 1. The number of hydrogen-bond donors (Lipinski definition) is 1. The van der Waals surface area contributed by atoms with Gasteiger partial charge in [-0.1, -0.05) is 26.2 Å². The summed E-state index contributed by atoms with van der Waals surface area (Å²) in [6.07, 6.45) is 0.789. The fourth-order valence-corrected chi connectivity index (χ4v) is 2.90. The van der Waals surface area contributed by atoms with Crippen LogP contribution in [0.1, 0.15) is 44.7 Å². The van der Waals surface area contributed by atoms with Gasteiger partial charge in [-0.25, -0.2) is 9.97 Å². The molecule has 0 saturated heterocycles. The number of anilines is 1. The van der Waals surface area contributed by atoms with Gasteiger partial charge in [0.1, 0.15) is 5.82 Å². The first kappa shape index (κ1) is 15.4. The minimum atomic E-state index is -4.51. The molecule has 0 aromatic carbocycles. The monoisotopic (exact) mass is 307 g/mol. The Morgan fingerprint density at radius 3 is 2.65 bits per heavy atom. The second-order valence-corrected chi connectivity index (χ2v) is 5.45. The highest BCUT2D eigenvalue weighted by molar-refractivity contribution is 6.28. The second-order valence-electron chi connectivity index (χ2n) is 5.11. The third-order valence-electron chi connectivity index (χ3n) is 3.76. The lowest BCUT2D eigenvalue weighted by Gasteiger charge is -2.32. The first-order valence-corrected chi connectivity index (χ1v) is 7.16. The van der Waals surface area contributed by atoms with Crippen molar-refractivity contribution in [2.24, 2.45) is 5.92 Å². The van der Waals surface area contributed by atoms with Crippen LogP contribution >= 0.6 is 11.6 Å². The molecule has 1 aliphatic rings. The van der Waals surface area contributed by atoms with Gasteiger partial charge in [0.15, 0.2) is 5.69 Å². The molecule has 112 valence electrons. The summed E-state index contributed by atoms with van der Waals surface area (Å²) in [6.45, 7) is 2.10. The van der Waals surface area contributed by atoms with Crippen molar-refractivity contribution >= 4 is 17.4 Å². The second kappa shape index (κ2) is 6.16. The first-order valence-electron chi connectivity index (χ1n) is 6.78. The Morgan fingerprint density at radius 1 is 1.30 bits per heavy atom. The first-order chi connectivity index (χ1) is 9.40. The summed E-state index contributed by atoms with van der Waals surface area (Å²) in [6, 6.07) is 1.08. The van der Waals surface area contributed by atoms with E-state index in [4.69, 9.17) is 11.6 Å². The van der Waals surface area contributed by atoms with E-state index in [0.717, 1.165) is 31.7 Å². The molecule has 3 nitrogen and oxygen atoms in total. The molecular formula is C13H17ClF3N3. The van der Waals surface area contributed by atoms with Gasteiger partial charge in [-0.15, -0.1) is 0 Å². The summed E-state index contributed by atoms with van der Waals surface area (Å²) in [5.41, 5.74) is -1.01. The van der Waals surface area contributed by atoms with Gasteiger partial charge in [0.2, 0.25) is 5.28 Å². The summed E-state index contributed by atoms with van der Waals surface area (Å²) < 4.78 is 38.1. The molecule has 1 N–H and O–H groups in total. The summed E-state index contributed by atoms with van der Waals surface area (Å²) >= 11 is 5.58. The molecule has 0 spiro atoms. The Hall–Kier alpha value is -1.04. The van der Waals surface area contributed by atoms with Gasteiger partial charge >= 0.3 is 6.18 Å². The molecule has 2 atom stereocenters. The molecule has 1 fully saturated rings. The van der Waals surface area contributed by atoms with Gasteiger partial charge in [-0.3, -0.25) is 0 Å². The van der Waals surface area contributed by atoms with Gasteiger partial charge in [0, 0.05) is 12.1 Å². The van der Waals surface area contributed by atoms with Crippen molar-refractivity contribution < 1.29 is 13.2 Å². The highest BCUT2D eigenvalue weighted by Gasteiger charge is 2.34. The van der Waals surface area contributed by atoms with E-state index in [9.17, 15) is 13.2 Å². The molecule has 2 rings (SSSR count). The van der Waals surface area contributed by atoms with E-state index in [1.54, 1.807) is 0 Å². The molecule has 0 radical (unpaired) electrons. The average molecular weight is 308 g/mol. The summed E-state index contributed by atoms with van der Waals surface area (Å²) in [7, 11) is 0. The maximum absolute atomic E-state index is 12.7.